The summed E-state index contributed by atoms with van der Waals surface area (Å²) < 4.78 is 48.9. The number of hydrogen-bond donors (Lipinski definition) is 3. The quantitative estimate of drug-likeness (QED) is 0.387. The summed E-state index contributed by atoms with van der Waals surface area (Å²) in [6.45, 7) is 0.281. The van der Waals surface area contributed by atoms with E-state index in [4.69, 9.17) is 9.47 Å². The van der Waals surface area contributed by atoms with Gasteiger partial charge in [-0.15, -0.1) is 0 Å². The number of nitrogens with one attached hydrogen (secondary N) is 3. The van der Waals surface area contributed by atoms with Gasteiger partial charge in [-0.1, -0.05) is 36.4 Å². The van der Waals surface area contributed by atoms with Gasteiger partial charge in [0.15, 0.2) is 11.5 Å². The van der Waals surface area contributed by atoms with Crippen LogP contribution >= 0.6 is 0 Å². The van der Waals surface area contributed by atoms with Crippen molar-refractivity contribution in [1.82, 2.24) is 10.6 Å². The Morgan fingerprint density at radius 1 is 0.889 bits per heavy atom. The number of halogens is 3. The van der Waals surface area contributed by atoms with Gasteiger partial charge in [-0.3, -0.25) is 4.79 Å². The first-order valence-electron chi connectivity index (χ1n) is 11.0. The summed E-state index contributed by atoms with van der Waals surface area (Å²) in [5.74, 6) is 0.566. The van der Waals surface area contributed by atoms with Crippen LogP contribution in [0, 0.1) is 0 Å². The van der Waals surface area contributed by atoms with Crippen molar-refractivity contribution in [1.29, 1.82) is 0 Å². The molecule has 3 aromatic carbocycles. The Kier molecular flexibility index (Phi) is 8.77. The number of alkyl halides is 3. The van der Waals surface area contributed by atoms with E-state index in [0.717, 1.165) is 29.8 Å². The van der Waals surface area contributed by atoms with Crippen LogP contribution in [0.15, 0.2) is 72.8 Å². The third-order valence-electron chi connectivity index (χ3n) is 5.30. The molecular weight excluding hydrogens is 475 g/mol. The largest absolute Gasteiger partial charge is 0.493 e. The first-order valence-corrected chi connectivity index (χ1v) is 11.0. The van der Waals surface area contributed by atoms with Crippen LogP contribution in [0.1, 0.15) is 22.7 Å². The van der Waals surface area contributed by atoms with Gasteiger partial charge in [-0.2, -0.15) is 13.2 Å². The fraction of sp³-hybridized carbons (Fsp3) is 0.231. The summed E-state index contributed by atoms with van der Waals surface area (Å²) in [5, 5.41) is 7.90. The molecule has 36 heavy (non-hydrogen) atoms. The number of carbonyl (C=O) groups excluding carboxylic acids is 2. The number of methoxy groups -OCH3 is 2. The first kappa shape index (κ1) is 26.4. The van der Waals surface area contributed by atoms with E-state index in [1.807, 2.05) is 12.1 Å². The summed E-state index contributed by atoms with van der Waals surface area (Å²) in [6.07, 6.45) is -3.98. The normalized spacial score (nSPS) is 11.8. The molecule has 0 heterocycles. The van der Waals surface area contributed by atoms with E-state index in [0.29, 0.717) is 23.5 Å². The van der Waals surface area contributed by atoms with Crippen molar-refractivity contribution in [2.45, 2.75) is 18.6 Å². The average molecular weight is 502 g/mol. The van der Waals surface area contributed by atoms with E-state index in [2.05, 4.69) is 16.0 Å². The fourth-order valence-electron chi connectivity index (χ4n) is 3.44. The maximum Gasteiger partial charge on any atom is 0.416 e. The second-order valence-corrected chi connectivity index (χ2v) is 7.75. The highest BCUT2D eigenvalue weighted by Gasteiger charge is 2.30. The molecule has 0 saturated heterocycles. The molecule has 7 nitrogen and oxygen atoms in total. The topological polar surface area (TPSA) is 88.7 Å². The molecule has 3 aromatic rings. The summed E-state index contributed by atoms with van der Waals surface area (Å²) in [4.78, 5) is 25.5. The van der Waals surface area contributed by atoms with E-state index in [1.165, 1.54) is 7.11 Å². The van der Waals surface area contributed by atoms with Gasteiger partial charge in [0.05, 0.1) is 19.8 Å². The summed E-state index contributed by atoms with van der Waals surface area (Å²) >= 11 is 0. The van der Waals surface area contributed by atoms with Crippen LogP contribution < -0.4 is 25.4 Å². The third-order valence-corrected chi connectivity index (χ3v) is 5.30. The minimum absolute atomic E-state index is 0.171. The van der Waals surface area contributed by atoms with Crippen LogP contribution in [0.25, 0.3) is 0 Å². The minimum Gasteiger partial charge on any atom is -0.493 e. The molecule has 0 saturated carbocycles. The first-order chi connectivity index (χ1) is 17.2. The molecular formula is C26H26F3N3O4. The van der Waals surface area contributed by atoms with Crippen LogP contribution in [0.4, 0.5) is 23.7 Å². The van der Waals surface area contributed by atoms with E-state index < -0.39 is 29.7 Å². The highest BCUT2D eigenvalue weighted by molar-refractivity contribution is 5.97. The van der Waals surface area contributed by atoms with Gasteiger partial charge in [-0.25, -0.2) is 4.79 Å². The molecule has 0 unspecified atom stereocenters. The SMILES string of the molecule is COc1ccc(CCNC(=O)N[C@@H](C(=O)Nc2ccc(C(F)(F)F)cc2)c2ccccc2)cc1OC. The van der Waals surface area contributed by atoms with Crippen molar-refractivity contribution < 1.29 is 32.2 Å². The molecule has 0 aliphatic heterocycles. The zero-order valence-corrected chi connectivity index (χ0v) is 19.7. The number of amides is 3. The molecule has 3 rings (SSSR count). The van der Waals surface area contributed by atoms with Crippen molar-refractivity contribution in [3.05, 3.63) is 89.5 Å². The average Bonchev–Trinajstić information content (AvgIpc) is 2.87. The van der Waals surface area contributed by atoms with Crippen LogP contribution in [-0.2, 0) is 17.4 Å². The summed E-state index contributed by atoms with van der Waals surface area (Å²) in [6, 6.07) is 16.4. The standard InChI is InChI=1S/C26H26F3N3O4/c1-35-21-13-8-17(16-22(21)36-2)14-15-30-25(34)32-23(18-6-4-3-5-7-18)24(33)31-20-11-9-19(10-12-20)26(27,28)29/h3-13,16,23H,14-15H2,1-2H3,(H,31,33)(H2,30,32,34)/t23-/m1/s1. The zero-order valence-electron chi connectivity index (χ0n) is 19.7. The Morgan fingerprint density at radius 3 is 2.17 bits per heavy atom. The van der Waals surface area contributed by atoms with Gasteiger partial charge in [0, 0.05) is 12.2 Å². The summed E-state index contributed by atoms with van der Waals surface area (Å²) in [7, 11) is 3.08. The van der Waals surface area contributed by atoms with Crippen molar-refractivity contribution in [3.8, 4) is 11.5 Å². The Hall–Kier alpha value is -4.21. The van der Waals surface area contributed by atoms with Crippen LogP contribution in [0.5, 0.6) is 11.5 Å². The predicted molar refractivity (Wildman–Crippen MR) is 129 cm³/mol. The number of carbonyl (C=O) groups is 2. The smallest absolute Gasteiger partial charge is 0.416 e. The lowest BCUT2D eigenvalue weighted by Crippen LogP contribution is -2.43. The molecule has 190 valence electrons. The van der Waals surface area contributed by atoms with Crippen LogP contribution in [-0.4, -0.2) is 32.7 Å². The molecule has 0 aromatic heterocycles. The third kappa shape index (κ3) is 7.14. The van der Waals surface area contributed by atoms with Crippen LogP contribution in [0.3, 0.4) is 0 Å². The zero-order chi connectivity index (χ0) is 26.1. The molecule has 0 radical (unpaired) electrons. The lowest BCUT2D eigenvalue weighted by Gasteiger charge is -2.19. The van der Waals surface area contributed by atoms with Gasteiger partial charge in [-0.05, 0) is 53.9 Å². The second kappa shape index (κ2) is 12.0. The molecule has 0 spiro atoms. The number of rotatable bonds is 9. The van der Waals surface area contributed by atoms with Gasteiger partial charge < -0.3 is 25.4 Å². The number of benzene rings is 3. The minimum atomic E-state index is -4.48. The number of ether oxygens (including phenoxy) is 2. The van der Waals surface area contributed by atoms with Crippen molar-refractivity contribution >= 4 is 17.6 Å². The fourth-order valence-corrected chi connectivity index (χ4v) is 3.44. The molecule has 3 amide bonds. The molecule has 0 fully saturated rings. The lowest BCUT2D eigenvalue weighted by molar-refractivity contribution is -0.137. The lowest BCUT2D eigenvalue weighted by atomic mass is 10.1. The monoisotopic (exact) mass is 501 g/mol. The van der Waals surface area contributed by atoms with Crippen molar-refractivity contribution in [2.24, 2.45) is 0 Å². The van der Waals surface area contributed by atoms with Crippen molar-refractivity contribution in [2.75, 3.05) is 26.1 Å². The van der Waals surface area contributed by atoms with Crippen molar-refractivity contribution in [3.63, 3.8) is 0 Å². The van der Waals surface area contributed by atoms with Gasteiger partial charge in [0.2, 0.25) is 0 Å². The number of urea groups is 1. The Labute approximate surface area is 206 Å². The molecule has 0 aliphatic carbocycles. The van der Waals surface area contributed by atoms with E-state index >= 15 is 0 Å². The molecule has 0 aliphatic rings. The molecule has 1 atom stereocenters. The predicted octanol–water partition coefficient (Wildman–Crippen LogP) is 4.94. The molecule has 10 heteroatoms. The van der Waals surface area contributed by atoms with E-state index in [9.17, 15) is 22.8 Å². The Balaban J connectivity index is 1.63. The van der Waals surface area contributed by atoms with E-state index in [-0.39, 0.29) is 12.2 Å². The maximum atomic E-state index is 13.0. The van der Waals surface area contributed by atoms with Gasteiger partial charge in [0.25, 0.3) is 5.91 Å². The Morgan fingerprint density at radius 2 is 1.56 bits per heavy atom. The molecule has 0 bridgehead atoms. The number of hydrogen-bond acceptors (Lipinski definition) is 4. The van der Waals surface area contributed by atoms with Gasteiger partial charge in [0.1, 0.15) is 6.04 Å². The second-order valence-electron chi connectivity index (χ2n) is 7.75. The van der Waals surface area contributed by atoms with Crippen LogP contribution in [0.2, 0.25) is 0 Å². The van der Waals surface area contributed by atoms with E-state index in [1.54, 1.807) is 43.5 Å². The summed E-state index contributed by atoms with van der Waals surface area (Å²) in [5.41, 5.74) is 0.765. The highest BCUT2D eigenvalue weighted by atomic mass is 19.4. The highest BCUT2D eigenvalue weighted by Crippen LogP contribution is 2.30. The maximum absolute atomic E-state index is 13.0. The Bertz CT molecular complexity index is 1170. The molecule has 3 N–H and O–H groups in total. The van der Waals surface area contributed by atoms with Gasteiger partial charge >= 0.3 is 12.2 Å². The number of anilines is 1.